The molecule has 86 valence electrons. The van der Waals surface area contributed by atoms with Gasteiger partial charge in [-0.2, -0.15) is 0 Å². The summed E-state index contributed by atoms with van der Waals surface area (Å²) in [6.07, 6.45) is 1.99. The summed E-state index contributed by atoms with van der Waals surface area (Å²) in [7, 11) is 0. The van der Waals surface area contributed by atoms with Crippen LogP contribution in [0, 0.1) is 0 Å². The van der Waals surface area contributed by atoms with Crippen molar-refractivity contribution in [2.45, 2.75) is 44.8 Å². The van der Waals surface area contributed by atoms with Crippen LogP contribution in [0.4, 0.5) is 0 Å². The lowest BCUT2D eigenvalue weighted by Gasteiger charge is -2.29. The molecule has 4 nitrogen and oxygen atoms in total. The zero-order valence-corrected chi connectivity index (χ0v) is 9.80. The molecule has 1 amide bonds. The Morgan fingerprint density at radius 3 is 2.67 bits per heavy atom. The molecule has 1 aliphatic heterocycles. The molecule has 1 N–H and O–H groups in total. The second kappa shape index (κ2) is 3.46. The smallest absolute Gasteiger partial charge is 0.244 e. The van der Waals surface area contributed by atoms with Gasteiger partial charge in [0.15, 0.2) is 0 Å². The minimum atomic E-state index is -0.244. The Kier molecular flexibility index (Phi) is 2.51. The summed E-state index contributed by atoms with van der Waals surface area (Å²) in [5.74, 6) is 0.260. The molecule has 0 atom stereocenters. The second-order valence-electron chi connectivity index (χ2n) is 5.11. The lowest BCUT2D eigenvalue weighted by Crippen LogP contribution is -2.43. The van der Waals surface area contributed by atoms with Gasteiger partial charge in [-0.15, -0.1) is 0 Å². The van der Waals surface area contributed by atoms with Gasteiger partial charge in [0.05, 0.1) is 24.4 Å². The van der Waals surface area contributed by atoms with E-state index in [1.807, 2.05) is 25.7 Å². The maximum Gasteiger partial charge on any atom is 0.244 e. The molecule has 15 heavy (non-hydrogen) atoms. The van der Waals surface area contributed by atoms with Gasteiger partial charge in [-0.3, -0.25) is 10.1 Å². The number of hydrogen-bond acceptors (Lipinski definition) is 3. The van der Waals surface area contributed by atoms with Crippen LogP contribution in [0.3, 0.4) is 0 Å². The largest absolute Gasteiger partial charge is 0.374 e. The molecule has 2 fully saturated rings. The molecule has 0 unspecified atom stereocenters. The Labute approximate surface area is 91.0 Å². The molecule has 1 saturated carbocycles. The Bertz CT molecular complexity index is 272. The third-order valence-corrected chi connectivity index (χ3v) is 3.16. The van der Waals surface area contributed by atoms with Gasteiger partial charge >= 0.3 is 0 Å². The van der Waals surface area contributed by atoms with Crippen LogP contribution in [0.15, 0.2) is 0 Å². The van der Waals surface area contributed by atoms with Crippen molar-refractivity contribution in [3.8, 4) is 0 Å². The number of hydrogen-bond donors (Lipinski definition) is 1. The standard InChI is InChI=1S/C11H20N2O2/c1-4-15-10(2,3)7-13-8-12-11(5-6-11)9(13)14/h12H,4-8H2,1-3H3. The number of nitrogens with zero attached hydrogens (tertiary/aromatic N) is 1. The van der Waals surface area contributed by atoms with Crippen LogP contribution in [0.2, 0.25) is 0 Å². The topological polar surface area (TPSA) is 41.6 Å². The van der Waals surface area contributed by atoms with E-state index in [0.717, 1.165) is 12.8 Å². The minimum Gasteiger partial charge on any atom is -0.374 e. The molecule has 0 aromatic carbocycles. The molecule has 0 bridgehead atoms. The molecule has 1 heterocycles. The van der Waals surface area contributed by atoms with E-state index in [0.29, 0.717) is 19.8 Å². The number of carbonyl (C=O) groups excluding carboxylic acids is 1. The van der Waals surface area contributed by atoms with Crippen LogP contribution in [0.5, 0.6) is 0 Å². The molecule has 1 saturated heterocycles. The first-order valence-corrected chi connectivity index (χ1v) is 5.67. The minimum absolute atomic E-state index is 0.178. The average molecular weight is 212 g/mol. The van der Waals surface area contributed by atoms with Crippen LogP contribution >= 0.6 is 0 Å². The van der Waals surface area contributed by atoms with Gasteiger partial charge in [0.2, 0.25) is 5.91 Å². The highest BCUT2D eigenvalue weighted by atomic mass is 16.5. The molecular formula is C11H20N2O2. The number of carbonyl (C=O) groups is 1. The maximum atomic E-state index is 12.0. The molecule has 1 aliphatic carbocycles. The quantitative estimate of drug-likeness (QED) is 0.746. The SMILES string of the molecule is CCOC(C)(C)CN1CNC2(CC2)C1=O. The highest BCUT2D eigenvalue weighted by Gasteiger charge is 2.56. The fourth-order valence-electron chi connectivity index (χ4n) is 2.24. The third-order valence-electron chi connectivity index (χ3n) is 3.16. The summed E-state index contributed by atoms with van der Waals surface area (Å²) >= 11 is 0. The van der Waals surface area contributed by atoms with Crippen molar-refractivity contribution in [3.63, 3.8) is 0 Å². The van der Waals surface area contributed by atoms with Gasteiger partial charge in [-0.05, 0) is 33.6 Å². The lowest BCUT2D eigenvalue weighted by molar-refractivity contribution is -0.133. The summed E-state index contributed by atoms with van der Waals surface area (Å²) < 4.78 is 5.61. The molecule has 0 aromatic rings. The Morgan fingerprint density at radius 2 is 2.20 bits per heavy atom. The van der Waals surface area contributed by atoms with E-state index in [1.165, 1.54) is 0 Å². The highest BCUT2D eigenvalue weighted by molar-refractivity contribution is 5.91. The van der Waals surface area contributed by atoms with E-state index in [1.54, 1.807) is 0 Å². The van der Waals surface area contributed by atoms with Gasteiger partial charge < -0.3 is 9.64 Å². The molecule has 0 radical (unpaired) electrons. The third kappa shape index (κ3) is 2.01. The van der Waals surface area contributed by atoms with Crippen molar-refractivity contribution in [1.82, 2.24) is 10.2 Å². The van der Waals surface area contributed by atoms with E-state index in [9.17, 15) is 4.79 Å². The van der Waals surface area contributed by atoms with Crippen LogP contribution in [-0.2, 0) is 9.53 Å². The average Bonchev–Trinajstić information content (AvgIpc) is 2.86. The molecule has 0 aromatic heterocycles. The zero-order chi connectivity index (χ0) is 11.1. The Morgan fingerprint density at radius 1 is 1.53 bits per heavy atom. The predicted molar refractivity (Wildman–Crippen MR) is 57.4 cm³/mol. The molecular weight excluding hydrogens is 192 g/mol. The maximum absolute atomic E-state index is 12.0. The van der Waals surface area contributed by atoms with Crippen molar-refractivity contribution in [2.75, 3.05) is 19.8 Å². The van der Waals surface area contributed by atoms with Crippen molar-refractivity contribution >= 4 is 5.91 Å². The first-order valence-electron chi connectivity index (χ1n) is 5.67. The van der Waals surface area contributed by atoms with Crippen LogP contribution in [-0.4, -0.2) is 41.8 Å². The van der Waals surface area contributed by atoms with Gasteiger partial charge in [0.25, 0.3) is 0 Å². The zero-order valence-electron chi connectivity index (χ0n) is 9.80. The number of rotatable bonds is 4. The normalized spacial score (nSPS) is 23.9. The van der Waals surface area contributed by atoms with Crippen LogP contribution < -0.4 is 5.32 Å². The summed E-state index contributed by atoms with van der Waals surface area (Å²) in [4.78, 5) is 13.9. The van der Waals surface area contributed by atoms with Gasteiger partial charge in [0.1, 0.15) is 0 Å². The van der Waals surface area contributed by atoms with Crippen molar-refractivity contribution < 1.29 is 9.53 Å². The van der Waals surface area contributed by atoms with E-state index < -0.39 is 0 Å². The summed E-state index contributed by atoms with van der Waals surface area (Å²) in [6.45, 7) is 8.08. The first kappa shape index (κ1) is 10.9. The number of amides is 1. The van der Waals surface area contributed by atoms with Crippen molar-refractivity contribution in [1.29, 1.82) is 0 Å². The molecule has 4 heteroatoms. The Hall–Kier alpha value is -0.610. The van der Waals surface area contributed by atoms with E-state index in [2.05, 4.69) is 5.32 Å². The monoisotopic (exact) mass is 212 g/mol. The first-order chi connectivity index (χ1) is 6.99. The Balaban J connectivity index is 1.93. The number of ether oxygens (including phenoxy) is 1. The molecule has 1 spiro atoms. The van der Waals surface area contributed by atoms with E-state index in [4.69, 9.17) is 4.74 Å². The van der Waals surface area contributed by atoms with Crippen LogP contribution in [0.25, 0.3) is 0 Å². The predicted octanol–water partition coefficient (Wildman–Crippen LogP) is 0.723. The van der Waals surface area contributed by atoms with E-state index >= 15 is 0 Å². The number of nitrogens with one attached hydrogen (secondary N) is 1. The summed E-state index contributed by atoms with van der Waals surface area (Å²) in [6, 6.07) is 0. The van der Waals surface area contributed by atoms with Gasteiger partial charge in [-0.1, -0.05) is 0 Å². The fourth-order valence-corrected chi connectivity index (χ4v) is 2.24. The van der Waals surface area contributed by atoms with Gasteiger partial charge in [0, 0.05) is 6.61 Å². The second-order valence-corrected chi connectivity index (χ2v) is 5.11. The van der Waals surface area contributed by atoms with Crippen LogP contribution in [0.1, 0.15) is 33.6 Å². The van der Waals surface area contributed by atoms with Crippen molar-refractivity contribution in [2.24, 2.45) is 0 Å². The molecule has 2 rings (SSSR count). The molecule has 2 aliphatic rings. The highest BCUT2D eigenvalue weighted by Crippen LogP contribution is 2.40. The van der Waals surface area contributed by atoms with Crippen molar-refractivity contribution in [3.05, 3.63) is 0 Å². The summed E-state index contributed by atoms with van der Waals surface area (Å²) in [5.41, 5.74) is -0.422. The van der Waals surface area contributed by atoms with Gasteiger partial charge in [-0.25, -0.2) is 0 Å². The van der Waals surface area contributed by atoms with E-state index in [-0.39, 0.29) is 17.0 Å². The fraction of sp³-hybridized carbons (Fsp3) is 0.909. The lowest BCUT2D eigenvalue weighted by atomic mass is 10.1. The summed E-state index contributed by atoms with van der Waals surface area (Å²) in [5, 5.41) is 3.29.